The van der Waals surface area contributed by atoms with Crippen molar-refractivity contribution >= 4 is 39.5 Å². The van der Waals surface area contributed by atoms with Gasteiger partial charge in [-0.2, -0.15) is 0 Å². The monoisotopic (exact) mass is 1450 g/mol. The fourth-order valence-corrected chi connectivity index (χ4v) is 12.2. The number of ether oxygens (including phenoxy) is 4. The topological polar surface area (TPSA) is 237 Å². The SMILES string of the molecule is CC/C=C\C/C=C\C/C=C\C/C=C\C/C=C\CC(=O)OCC(COP(=O)(O)OCC(O)COP(=O)(O)OCC(COC(=O)CCCCCCCCC/C=C\C/C=C\C/C=C\CC)OC(=O)CCCCCCCCCCCCCCCCC)OC(=O)CCCCCCCCCCCCCCC. The first-order valence-electron chi connectivity index (χ1n) is 39.5. The molecule has 0 fully saturated rings. The normalized spacial score (nSPS) is 14.4. The second kappa shape index (κ2) is 73.3. The summed E-state index contributed by atoms with van der Waals surface area (Å²) in [6.07, 6.45) is 77.0. The zero-order valence-corrected chi connectivity index (χ0v) is 64.9. The number of carbonyl (C=O) groups is 4. The molecule has 578 valence electrons. The van der Waals surface area contributed by atoms with Gasteiger partial charge >= 0.3 is 39.5 Å². The number of hydrogen-bond donors (Lipinski definition) is 3. The maximum Gasteiger partial charge on any atom is 0.472 e. The Morgan fingerprint density at radius 2 is 0.560 bits per heavy atom. The van der Waals surface area contributed by atoms with Crippen molar-refractivity contribution in [1.29, 1.82) is 0 Å². The number of unbranched alkanes of at least 4 members (excludes halogenated alkanes) is 33. The molecule has 0 spiro atoms. The Kier molecular flexibility index (Phi) is 70.4. The van der Waals surface area contributed by atoms with E-state index in [-0.39, 0.29) is 25.7 Å². The van der Waals surface area contributed by atoms with Gasteiger partial charge in [-0.3, -0.25) is 37.3 Å². The zero-order chi connectivity index (χ0) is 73.2. The predicted octanol–water partition coefficient (Wildman–Crippen LogP) is 22.8. The van der Waals surface area contributed by atoms with Gasteiger partial charge in [0.1, 0.15) is 19.3 Å². The number of phosphoric ester groups is 2. The second-order valence-electron chi connectivity index (χ2n) is 26.3. The standard InChI is InChI=1S/C81H142O17P2/c1-5-9-13-17-21-25-29-33-36-37-40-43-46-50-54-58-62-66-79(84)92-72-77(98-81(86)68-64-60-56-52-48-44-39-35-31-27-23-19-15-11-7-3)74-96-100(89,90)94-70-75(82)69-93-99(87,88)95-73-76(97-80(85)67-63-59-55-51-47-41-32-28-24-20-16-12-8-4)71-91-78(83)65-61-57-53-49-45-42-38-34-30-26-22-18-14-10-6-2/h9-10,13-14,21-22,25-26,33-34,36,38,45,49,57,61,75-77,82H,5-8,11-12,15-20,23-24,27-32,35,37,39-44,46-48,50-56,58-60,62-74H2,1-4H3,(H,87,88)(H,89,90)/b13-9-,14-10-,25-21-,26-22-,36-33-,38-34-,49-45-,61-57-. The average Bonchev–Trinajstić information content (AvgIpc) is 0.937. The number of aliphatic hydroxyl groups is 1. The van der Waals surface area contributed by atoms with Gasteiger partial charge in [0.2, 0.25) is 0 Å². The predicted molar refractivity (Wildman–Crippen MR) is 409 cm³/mol. The number of hydrogen-bond acceptors (Lipinski definition) is 15. The molecular formula is C81H142O17P2. The number of aliphatic hydroxyl groups excluding tert-OH is 1. The number of allylic oxidation sites excluding steroid dienone is 15. The molecule has 0 aromatic rings. The van der Waals surface area contributed by atoms with Crippen molar-refractivity contribution < 1.29 is 80.2 Å². The lowest BCUT2D eigenvalue weighted by Gasteiger charge is -2.21. The molecule has 5 atom stereocenters. The van der Waals surface area contributed by atoms with E-state index in [0.717, 1.165) is 141 Å². The van der Waals surface area contributed by atoms with Crippen LogP contribution in [0.1, 0.15) is 336 Å². The Labute approximate surface area is 607 Å². The van der Waals surface area contributed by atoms with Crippen molar-refractivity contribution in [1.82, 2.24) is 0 Å². The third-order valence-electron chi connectivity index (χ3n) is 16.6. The van der Waals surface area contributed by atoms with E-state index in [1.54, 1.807) is 6.08 Å². The summed E-state index contributed by atoms with van der Waals surface area (Å²) in [6, 6.07) is 0. The molecule has 0 aromatic carbocycles. The van der Waals surface area contributed by atoms with Crippen LogP contribution in [-0.4, -0.2) is 96.7 Å². The van der Waals surface area contributed by atoms with Gasteiger partial charge in [-0.15, -0.1) is 0 Å². The minimum absolute atomic E-state index is 0.0681. The third kappa shape index (κ3) is 72.3. The van der Waals surface area contributed by atoms with Crippen LogP contribution in [0.5, 0.6) is 0 Å². The highest BCUT2D eigenvalue weighted by Crippen LogP contribution is 2.45. The van der Waals surface area contributed by atoms with Gasteiger partial charge in [-0.05, 0) is 83.5 Å². The first-order valence-corrected chi connectivity index (χ1v) is 42.5. The van der Waals surface area contributed by atoms with E-state index in [4.69, 9.17) is 37.0 Å². The van der Waals surface area contributed by atoms with Crippen LogP contribution in [0.25, 0.3) is 0 Å². The highest BCUT2D eigenvalue weighted by atomic mass is 31.2. The molecule has 0 saturated carbocycles. The molecule has 0 bridgehead atoms. The van der Waals surface area contributed by atoms with Gasteiger partial charge in [0.05, 0.1) is 32.8 Å². The average molecular weight is 1450 g/mol. The smallest absolute Gasteiger partial charge is 0.462 e. The molecule has 0 aliphatic heterocycles. The number of phosphoric acid groups is 2. The number of rotatable bonds is 74. The lowest BCUT2D eigenvalue weighted by atomic mass is 10.0. The highest BCUT2D eigenvalue weighted by Gasteiger charge is 2.30. The van der Waals surface area contributed by atoms with E-state index in [1.807, 2.05) is 18.2 Å². The van der Waals surface area contributed by atoms with Crippen LogP contribution in [-0.2, 0) is 65.4 Å². The van der Waals surface area contributed by atoms with E-state index in [1.165, 1.54) is 116 Å². The van der Waals surface area contributed by atoms with Crippen molar-refractivity contribution in [2.45, 2.75) is 354 Å². The Morgan fingerprint density at radius 1 is 0.300 bits per heavy atom. The molecule has 0 amide bonds. The summed E-state index contributed by atoms with van der Waals surface area (Å²) in [4.78, 5) is 72.9. The summed E-state index contributed by atoms with van der Waals surface area (Å²) in [5, 5.41) is 10.6. The molecule has 0 rings (SSSR count). The fourth-order valence-electron chi connectivity index (χ4n) is 10.7. The summed E-state index contributed by atoms with van der Waals surface area (Å²) in [7, 11) is -9.97. The summed E-state index contributed by atoms with van der Waals surface area (Å²) < 4.78 is 68.4. The fraction of sp³-hybridized carbons (Fsp3) is 0.753. The van der Waals surface area contributed by atoms with Crippen LogP contribution in [0, 0.1) is 0 Å². The van der Waals surface area contributed by atoms with E-state index in [2.05, 4.69) is 101 Å². The molecule has 0 aliphatic carbocycles. The van der Waals surface area contributed by atoms with Crippen molar-refractivity contribution in [3.05, 3.63) is 97.2 Å². The van der Waals surface area contributed by atoms with Crippen LogP contribution in [0.2, 0.25) is 0 Å². The first-order chi connectivity index (χ1) is 48.7. The minimum atomic E-state index is -4.99. The largest absolute Gasteiger partial charge is 0.472 e. The molecule has 19 heteroatoms. The van der Waals surface area contributed by atoms with Gasteiger partial charge < -0.3 is 33.8 Å². The summed E-state index contributed by atoms with van der Waals surface area (Å²) in [6.45, 7) is 4.58. The first kappa shape index (κ1) is 96.0. The van der Waals surface area contributed by atoms with Crippen LogP contribution >= 0.6 is 15.6 Å². The number of esters is 4. The maximum atomic E-state index is 13.1. The number of carbonyl (C=O) groups excluding carboxylic acids is 4. The molecule has 0 aliphatic rings. The molecule has 17 nitrogen and oxygen atoms in total. The Balaban J connectivity index is 5.39. The molecule has 3 N–H and O–H groups in total. The van der Waals surface area contributed by atoms with Crippen molar-refractivity contribution in [2.24, 2.45) is 0 Å². The Hall–Kier alpha value is -4.02. The van der Waals surface area contributed by atoms with Gasteiger partial charge in [0, 0.05) is 19.3 Å². The van der Waals surface area contributed by atoms with Crippen LogP contribution in [0.3, 0.4) is 0 Å². The third-order valence-corrected chi connectivity index (χ3v) is 18.5. The molecule has 100 heavy (non-hydrogen) atoms. The molecule has 0 saturated heterocycles. The van der Waals surface area contributed by atoms with Crippen LogP contribution < -0.4 is 0 Å². The zero-order valence-electron chi connectivity index (χ0n) is 63.1. The minimum Gasteiger partial charge on any atom is -0.462 e. The van der Waals surface area contributed by atoms with Gasteiger partial charge in [-0.25, -0.2) is 9.13 Å². The summed E-state index contributed by atoms with van der Waals surface area (Å²) in [5.41, 5.74) is 0. The molecule has 5 unspecified atom stereocenters. The lowest BCUT2D eigenvalue weighted by Crippen LogP contribution is -2.30. The molecule has 0 heterocycles. The van der Waals surface area contributed by atoms with Gasteiger partial charge in [0.25, 0.3) is 0 Å². The van der Waals surface area contributed by atoms with E-state index < -0.39 is 97.5 Å². The van der Waals surface area contributed by atoms with Crippen molar-refractivity contribution in [2.75, 3.05) is 39.6 Å². The maximum absolute atomic E-state index is 13.1. The van der Waals surface area contributed by atoms with Gasteiger partial charge in [0.15, 0.2) is 12.2 Å². The Morgan fingerprint density at radius 3 is 0.890 bits per heavy atom. The van der Waals surface area contributed by atoms with E-state index in [9.17, 15) is 43.2 Å². The molecule has 0 aromatic heterocycles. The van der Waals surface area contributed by atoms with E-state index in [0.29, 0.717) is 25.7 Å². The van der Waals surface area contributed by atoms with Crippen LogP contribution in [0.15, 0.2) is 97.2 Å². The van der Waals surface area contributed by atoms with Crippen molar-refractivity contribution in [3.63, 3.8) is 0 Å². The van der Waals surface area contributed by atoms with Crippen molar-refractivity contribution in [3.8, 4) is 0 Å². The lowest BCUT2D eigenvalue weighted by molar-refractivity contribution is -0.161. The summed E-state index contributed by atoms with van der Waals surface area (Å²) in [5.74, 6) is -2.31. The summed E-state index contributed by atoms with van der Waals surface area (Å²) >= 11 is 0. The second-order valence-corrected chi connectivity index (χ2v) is 29.2. The van der Waals surface area contributed by atoms with E-state index >= 15 is 0 Å². The quantitative estimate of drug-likeness (QED) is 0.0169. The highest BCUT2D eigenvalue weighted by molar-refractivity contribution is 7.47. The van der Waals surface area contributed by atoms with Crippen LogP contribution in [0.4, 0.5) is 0 Å². The molecular weight excluding hydrogens is 1310 g/mol. The van der Waals surface area contributed by atoms with Gasteiger partial charge in [-0.1, -0.05) is 324 Å². The molecule has 0 radical (unpaired) electrons. The Bertz CT molecular complexity index is 2270.